The first kappa shape index (κ1) is 13.6. The average molecular weight is 289 g/mol. The van der Waals surface area contributed by atoms with Crippen molar-refractivity contribution in [3.05, 3.63) is 28.0 Å². The highest BCUT2D eigenvalue weighted by atomic mass is 35.5. The van der Waals surface area contributed by atoms with Crippen molar-refractivity contribution < 1.29 is 9.90 Å². The zero-order valence-electron chi connectivity index (χ0n) is 9.94. The van der Waals surface area contributed by atoms with E-state index in [0.717, 1.165) is 6.42 Å². The fourth-order valence-corrected chi connectivity index (χ4v) is 2.32. The lowest BCUT2D eigenvalue weighted by molar-refractivity contribution is 0.0248. The maximum absolute atomic E-state index is 12.3. The number of hydrogen-bond donors (Lipinski definition) is 1. The van der Waals surface area contributed by atoms with Crippen LogP contribution in [-0.2, 0) is 0 Å². The number of pyridine rings is 1. The molecule has 2 heterocycles. The molecule has 2 atom stereocenters. The molecule has 98 valence electrons. The van der Waals surface area contributed by atoms with Crippen molar-refractivity contribution in [3.8, 4) is 0 Å². The van der Waals surface area contributed by atoms with E-state index in [1.165, 1.54) is 12.3 Å². The van der Waals surface area contributed by atoms with Crippen molar-refractivity contribution >= 4 is 29.1 Å². The molecule has 1 aliphatic heterocycles. The van der Waals surface area contributed by atoms with Crippen LogP contribution >= 0.6 is 23.2 Å². The maximum Gasteiger partial charge on any atom is 0.255 e. The van der Waals surface area contributed by atoms with Gasteiger partial charge in [0.25, 0.3) is 5.91 Å². The van der Waals surface area contributed by atoms with E-state index in [2.05, 4.69) is 4.98 Å². The van der Waals surface area contributed by atoms with Crippen LogP contribution in [0.4, 0.5) is 0 Å². The van der Waals surface area contributed by atoms with E-state index in [1.54, 1.807) is 4.90 Å². The smallest absolute Gasteiger partial charge is 0.255 e. The number of rotatable bonds is 1. The molecule has 0 radical (unpaired) electrons. The third kappa shape index (κ3) is 2.76. The van der Waals surface area contributed by atoms with Crippen molar-refractivity contribution in [2.45, 2.75) is 19.4 Å². The molecule has 1 aliphatic rings. The Kier molecular flexibility index (Phi) is 4.10. The number of likely N-dealkylation sites (tertiary alicyclic amines) is 1. The zero-order chi connectivity index (χ0) is 13.3. The molecule has 2 unspecified atom stereocenters. The fourth-order valence-electron chi connectivity index (χ4n) is 1.98. The predicted octanol–water partition coefficient (Wildman–Crippen LogP) is 2.23. The van der Waals surface area contributed by atoms with Crippen LogP contribution in [0, 0.1) is 5.92 Å². The number of piperidine rings is 1. The molecule has 1 aromatic rings. The lowest BCUT2D eigenvalue weighted by atomic mass is 9.95. The first-order valence-electron chi connectivity index (χ1n) is 5.77. The van der Waals surface area contributed by atoms with Crippen LogP contribution in [0.1, 0.15) is 23.7 Å². The van der Waals surface area contributed by atoms with E-state index < -0.39 is 6.10 Å². The van der Waals surface area contributed by atoms with Crippen LogP contribution in [0.3, 0.4) is 0 Å². The Labute approximate surface area is 116 Å². The number of β-amino-alcohol motifs (C(OH)–C–C–N with tert-alkyl or cyclic N) is 1. The van der Waals surface area contributed by atoms with Gasteiger partial charge < -0.3 is 10.0 Å². The molecule has 1 aromatic heterocycles. The zero-order valence-corrected chi connectivity index (χ0v) is 11.4. The summed E-state index contributed by atoms with van der Waals surface area (Å²) >= 11 is 11.7. The number of amides is 1. The fraction of sp³-hybridized carbons (Fsp3) is 0.500. The molecule has 0 saturated carbocycles. The van der Waals surface area contributed by atoms with Crippen LogP contribution in [0.15, 0.2) is 12.3 Å². The molecule has 1 saturated heterocycles. The average Bonchev–Trinajstić information content (AvgIpc) is 2.35. The molecule has 18 heavy (non-hydrogen) atoms. The van der Waals surface area contributed by atoms with Gasteiger partial charge in [0, 0.05) is 19.3 Å². The highest BCUT2D eigenvalue weighted by Gasteiger charge is 2.28. The number of carbonyl (C=O) groups excluding carboxylic acids is 1. The number of halogens is 2. The van der Waals surface area contributed by atoms with Crippen molar-refractivity contribution in [3.63, 3.8) is 0 Å². The number of aliphatic hydroxyl groups is 1. The monoisotopic (exact) mass is 288 g/mol. The number of hydrogen-bond acceptors (Lipinski definition) is 3. The van der Waals surface area contributed by atoms with E-state index in [1.807, 2.05) is 6.92 Å². The second-order valence-corrected chi connectivity index (χ2v) is 5.37. The molecule has 0 spiro atoms. The van der Waals surface area contributed by atoms with E-state index in [9.17, 15) is 9.90 Å². The second-order valence-electron chi connectivity index (χ2n) is 4.57. The topological polar surface area (TPSA) is 53.4 Å². The Hall–Kier alpha value is -0.840. The minimum Gasteiger partial charge on any atom is -0.391 e. The van der Waals surface area contributed by atoms with Crippen LogP contribution in [0.2, 0.25) is 10.2 Å². The number of carbonyl (C=O) groups is 1. The first-order chi connectivity index (χ1) is 8.49. The van der Waals surface area contributed by atoms with Gasteiger partial charge in [-0.1, -0.05) is 30.1 Å². The number of aliphatic hydroxyl groups excluding tert-OH is 1. The Balaban J connectivity index is 2.19. The van der Waals surface area contributed by atoms with E-state index in [0.29, 0.717) is 18.7 Å². The van der Waals surface area contributed by atoms with Gasteiger partial charge in [-0.15, -0.1) is 0 Å². The Morgan fingerprint density at radius 2 is 2.28 bits per heavy atom. The van der Waals surface area contributed by atoms with Gasteiger partial charge in [-0.25, -0.2) is 4.98 Å². The minimum absolute atomic E-state index is 0.213. The first-order valence-corrected chi connectivity index (χ1v) is 6.53. The SMILES string of the molecule is CC1CCN(C(=O)c2cc(Cl)ncc2Cl)CC1O. The summed E-state index contributed by atoms with van der Waals surface area (Å²) in [7, 11) is 0. The van der Waals surface area contributed by atoms with Gasteiger partial charge in [0.1, 0.15) is 5.15 Å². The molecule has 1 fully saturated rings. The van der Waals surface area contributed by atoms with Gasteiger partial charge in [-0.05, 0) is 18.4 Å². The van der Waals surface area contributed by atoms with Gasteiger partial charge in [-0.2, -0.15) is 0 Å². The lowest BCUT2D eigenvalue weighted by Gasteiger charge is -2.34. The van der Waals surface area contributed by atoms with E-state index >= 15 is 0 Å². The molecule has 1 N–H and O–H groups in total. The van der Waals surface area contributed by atoms with Gasteiger partial charge in [0.05, 0.1) is 16.7 Å². The molecule has 1 amide bonds. The summed E-state index contributed by atoms with van der Waals surface area (Å²) < 4.78 is 0. The third-order valence-electron chi connectivity index (χ3n) is 3.26. The molecule has 0 bridgehead atoms. The van der Waals surface area contributed by atoms with Crippen LogP contribution in [0.25, 0.3) is 0 Å². The largest absolute Gasteiger partial charge is 0.391 e. The summed E-state index contributed by atoms with van der Waals surface area (Å²) in [5.41, 5.74) is 0.332. The normalized spacial score (nSPS) is 24.1. The Bertz CT molecular complexity index is 467. The summed E-state index contributed by atoms with van der Waals surface area (Å²) in [6.07, 6.45) is 1.66. The lowest BCUT2D eigenvalue weighted by Crippen LogP contribution is -2.45. The molecular weight excluding hydrogens is 275 g/mol. The second kappa shape index (κ2) is 5.43. The summed E-state index contributed by atoms with van der Waals surface area (Å²) in [5, 5.41) is 10.3. The van der Waals surface area contributed by atoms with E-state index in [-0.39, 0.29) is 22.0 Å². The third-order valence-corrected chi connectivity index (χ3v) is 3.77. The summed E-state index contributed by atoms with van der Waals surface area (Å²) in [6, 6.07) is 1.45. The highest BCUT2D eigenvalue weighted by molar-refractivity contribution is 6.35. The van der Waals surface area contributed by atoms with Crippen LogP contribution in [0.5, 0.6) is 0 Å². The summed E-state index contributed by atoms with van der Waals surface area (Å²) in [5.74, 6) is 0.000741. The molecule has 2 rings (SSSR count). The molecule has 0 aliphatic carbocycles. The summed E-state index contributed by atoms with van der Waals surface area (Å²) in [6.45, 7) is 2.92. The van der Waals surface area contributed by atoms with Crippen molar-refractivity contribution in [2.75, 3.05) is 13.1 Å². The van der Waals surface area contributed by atoms with Gasteiger partial charge in [0.15, 0.2) is 0 Å². The van der Waals surface area contributed by atoms with Gasteiger partial charge in [-0.3, -0.25) is 4.79 Å². The standard InChI is InChI=1S/C12H14Cl2N2O2/c1-7-2-3-16(6-10(7)17)12(18)8-4-11(14)15-5-9(8)13/h4-5,7,10,17H,2-3,6H2,1H3. The Morgan fingerprint density at radius 1 is 1.56 bits per heavy atom. The highest BCUT2D eigenvalue weighted by Crippen LogP contribution is 2.23. The van der Waals surface area contributed by atoms with Gasteiger partial charge in [0.2, 0.25) is 0 Å². The molecule has 4 nitrogen and oxygen atoms in total. The van der Waals surface area contributed by atoms with Crippen molar-refractivity contribution in [1.82, 2.24) is 9.88 Å². The Morgan fingerprint density at radius 3 is 2.94 bits per heavy atom. The number of aromatic nitrogens is 1. The molecule has 0 aromatic carbocycles. The van der Waals surface area contributed by atoms with Crippen molar-refractivity contribution in [1.29, 1.82) is 0 Å². The van der Waals surface area contributed by atoms with Crippen molar-refractivity contribution in [2.24, 2.45) is 5.92 Å². The quantitative estimate of drug-likeness (QED) is 0.807. The predicted molar refractivity (Wildman–Crippen MR) is 69.9 cm³/mol. The molecular formula is C12H14Cl2N2O2. The van der Waals surface area contributed by atoms with E-state index in [4.69, 9.17) is 23.2 Å². The van der Waals surface area contributed by atoms with Gasteiger partial charge >= 0.3 is 0 Å². The van der Waals surface area contributed by atoms with Crippen LogP contribution in [-0.4, -0.2) is 40.1 Å². The van der Waals surface area contributed by atoms with Crippen LogP contribution < -0.4 is 0 Å². The summed E-state index contributed by atoms with van der Waals surface area (Å²) in [4.78, 5) is 17.7. The minimum atomic E-state index is -0.487. The number of nitrogens with zero attached hydrogens (tertiary/aromatic N) is 2. The maximum atomic E-state index is 12.3. The molecule has 6 heteroatoms.